The van der Waals surface area contributed by atoms with E-state index in [-0.39, 0.29) is 11.8 Å². The number of nitrogens with zero attached hydrogens (tertiary/aromatic N) is 1. The zero-order valence-corrected chi connectivity index (χ0v) is 11.3. The highest BCUT2D eigenvalue weighted by Gasteiger charge is 2.41. The molecule has 0 aliphatic carbocycles. The Labute approximate surface area is 104 Å². The van der Waals surface area contributed by atoms with Gasteiger partial charge in [-0.25, -0.2) is 0 Å². The molecule has 1 aliphatic rings. The van der Waals surface area contributed by atoms with E-state index in [0.717, 1.165) is 6.42 Å². The van der Waals surface area contributed by atoms with Gasteiger partial charge in [-0.1, -0.05) is 20.8 Å². The van der Waals surface area contributed by atoms with Gasteiger partial charge in [-0.05, 0) is 31.2 Å². The van der Waals surface area contributed by atoms with Crippen molar-refractivity contribution in [2.24, 2.45) is 17.6 Å². The maximum Gasteiger partial charge on any atom is 0.223 e. The fraction of sp³-hybridized carbons (Fsp3) is 0.923. The Morgan fingerprint density at radius 2 is 2.06 bits per heavy atom. The first-order valence-electron chi connectivity index (χ1n) is 6.60. The monoisotopic (exact) mass is 242 g/mol. The third-order valence-electron chi connectivity index (χ3n) is 3.58. The van der Waals surface area contributed by atoms with Crippen molar-refractivity contribution in [3.05, 3.63) is 0 Å². The molecule has 0 saturated carbocycles. The Bertz CT molecular complexity index is 260. The van der Waals surface area contributed by atoms with Crippen molar-refractivity contribution in [1.82, 2.24) is 4.90 Å². The van der Waals surface area contributed by atoms with E-state index in [1.165, 1.54) is 0 Å². The minimum Gasteiger partial charge on any atom is -0.386 e. The van der Waals surface area contributed by atoms with Gasteiger partial charge in [-0.15, -0.1) is 0 Å². The van der Waals surface area contributed by atoms with E-state index < -0.39 is 5.60 Å². The summed E-state index contributed by atoms with van der Waals surface area (Å²) in [4.78, 5) is 13.7. The Kier molecular flexibility index (Phi) is 4.95. The van der Waals surface area contributed by atoms with E-state index >= 15 is 0 Å². The molecule has 4 nitrogen and oxygen atoms in total. The molecule has 0 spiro atoms. The van der Waals surface area contributed by atoms with Crippen LogP contribution in [0, 0.1) is 11.8 Å². The molecule has 0 aromatic carbocycles. The van der Waals surface area contributed by atoms with E-state index in [1.807, 2.05) is 6.92 Å². The van der Waals surface area contributed by atoms with Gasteiger partial charge in [0.05, 0.1) is 18.7 Å². The molecular weight excluding hydrogens is 216 g/mol. The van der Waals surface area contributed by atoms with Crippen LogP contribution < -0.4 is 5.73 Å². The molecule has 1 amide bonds. The van der Waals surface area contributed by atoms with E-state index in [4.69, 9.17) is 5.73 Å². The molecule has 0 aromatic rings. The molecule has 0 radical (unpaired) electrons. The molecule has 3 N–H and O–H groups in total. The maximum absolute atomic E-state index is 11.9. The van der Waals surface area contributed by atoms with Crippen LogP contribution in [0.15, 0.2) is 0 Å². The molecule has 100 valence electrons. The van der Waals surface area contributed by atoms with Gasteiger partial charge in [-0.2, -0.15) is 0 Å². The first kappa shape index (κ1) is 14.5. The molecule has 1 atom stereocenters. The van der Waals surface area contributed by atoms with E-state index in [1.54, 1.807) is 4.90 Å². The standard InChI is InChI=1S/C13H26N2O2/c1-4-13(17)8-15(9-13)12(16)6-11(7-14)5-10(2)3/h10-11,17H,4-9,14H2,1-3H3. The van der Waals surface area contributed by atoms with Crippen LogP contribution in [0.3, 0.4) is 0 Å². The lowest BCUT2D eigenvalue weighted by Crippen LogP contribution is -2.63. The number of nitrogens with two attached hydrogens (primary N) is 1. The second-order valence-corrected chi connectivity index (χ2v) is 5.76. The van der Waals surface area contributed by atoms with Gasteiger partial charge >= 0.3 is 0 Å². The zero-order valence-electron chi connectivity index (χ0n) is 11.3. The summed E-state index contributed by atoms with van der Waals surface area (Å²) in [6, 6.07) is 0. The normalized spacial score (nSPS) is 20.2. The van der Waals surface area contributed by atoms with Crippen molar-refractivity contribution in [3.8, 4) is 0 Å². The summed E-state index contributed by atoms with van der Waals surface area (Å²) in [5, 5.41) is 9.86. The van der Waals surface area contributed by atoms with Crippen molar-refractivity contribution in [2.45, 2.75) is 45.6 Å². The lowest BCUT2D eigenvalue weighted by Gasteiger charge is -2.46. The Hall–Kier alpha value is -0.610. The second-order valence-electron chi connectivity index (χ2n) is 5.76. The molecule has 1 aliphatic heterocycles. The van der Waals surface area contributed by atoms with Crippen LogP contribution in [0.25, 0.3) is 0 Å². The number of carbonyl (C=O) groups is 1. The summed E-state index contributed by atoms with van der Waals surface area (Å²) in [5.74, 6) is 0.984. The van der Waals surface area contributed by atoms with Crippen LogP contribution in [0.2, 0.25) is 0 Å². The molecular formula is C13H26N2O2. The van der Waals surface area contributed by atoms with Gasteiger partial charge in [0.15, 0.2) is 0 Å². The Balaban J connectivity index is 2.34. The van der Waals surface area contributed by atoms with Crippen molar-refractivity contribution in [2.75, 3.05) is 19.6 Å². The van der Waals surface area contributed by atoms with Crippen molar-refractivity contribution in [3.63, 3.8) is 0 Å². The molecule has 17 heavy (non-hydrogen) atoms. The van der Waals surface area contributed by atoms with Crippen LogP contribution >= 0.6 is 0 Å². The van der Waals surface area contributed by atoms with Gasteiger partial charge in [0.25, 0.3) is 0 Å². The molecule has 1 rings (SSSR count). The average molecular weight is 242 g/mol. The van der Waals surface area contributed by atoms with Gasteiger partial charge < -0.3 is 15.7 Å². The molecule has 1 saturated heterocycles. The molecule has 4 heteroatoms. The predicted molar refractivity (Wildman–Crippen MR) is 68.4 cm³/mol. The van der Waals surface area contributed by atoms with E-state index in [0.29, 0.717) is 38.4 Å². The Morgan fingerprint density at radius 1 is 1.47 bits per heavy atom. The number of rotatable bonds is 6. The van der Waals surface area contributed by atoms with Gasteiger partial charge in [-0.3, -0.25) is 4.79 Å². The Morgan fingerprint density at radius 3 is 2.47 bits per heavy atom. The van der Waals surface area contributed by atoms with Gasteiger partial charge in [0.2, 0.25) is 5.91 Å². The first-order valence-corrected chi connectivity index (χ1v) is 6.60. The van der Waals surface area contributed by atoms with Gasteiger partial charge in [0.1, 0.15) is 0 Å². The van der Waals surface area contributed by atoms with Crippen molar-refractivity contribution >= 4 is 5.91 Å². The van der Waals surface area contributed by atoms with Crippen LogP contribution in [0.1, 0.15) is 40.0 Å². The number of carbonyl (C=O) groups excluding carboxylic acids is 1. The van der Waals surface area contributed by atoms with Crippen molar-refractivity contribution < 1.29 is 9.90 Å². The largest absolute Gasteiger partial charge is 0.386 e. The third-order valence-corrected chi connectivity index (χ3v) is 3.58. The lowest BCUT2D eigenvalue weighted by atomic mass is 9.89. The van der Waals surface area contributed by atoms with Crippen LogP contribution in [-0.2, 0) is 4.79 Å². The van der Waals surface area contributed by atoms with Crippen LogP contribution in [0.5, 0.6) is 0 Å². The summed E-state index contributed by atoms with van der Waals surface area (Å²) < 4.78 is 0. The number of hydrogen-bond donors (Lipinski definition) is 2. The number of amides is 1. The lowest BCUT2D eigenvalue weighted by molar-refractivity contribution is -0.156. The maximum atomic E-state index is 11.9. The van der Waals surface area contributed by atoms with Gasteiger partial charge in [0, 0.05) is 6.42 Å². The summed E-state index contributed by atoms with van der Waals surface area (Å²) >= 11 is 0. The van der Waals surface area contributed by atoms with Crippen LogP contribution in [0.4, 0.5) is 0 Å². The minimum atomic E-state index is -0.633. The SMILES string of the molecule is CCC1(O)CN(C(=O)CC(CN)CC(C)C)C1. The highest BCUT2D eigenvalue weighted by Crippen LogP contribution is 2.26. The number of likely N-dealkylation sites (tertiary alicyclic amines) is 1. The molecule has 0 aromatic heterocycles. The fourth-order valence-corrected chi connectivity index (χ4v) is 2.37. The quantitative estimate of drug-likeness (QED) is 0.729. The molecule has 1 heterocycles. The molecule has 1 fully saturated rings. The third kappa shape index (κ3) is 3.96. The highest BCUT2D eigenvalue weighted by atomic mass is 16.3. The molecule has 0 bridgehead atoms. The number of hydrogen-bond acceptors (Lipinski definition) is 3. The molecule has 1 unspecified atom stereocenters. The smallest absolute Gasteiger partial charge is 0.223 e. The predicted octanol–water partition coefficient (Wildman–Crippen LogP) is 0.981. The zero-order chi connectivity index (χ0) is 13.1. The summed E-state index contributed by atoms with van der Waals surface area (Å²) in [6.45, 7) is 7.78. The van der Waals surface area contributed by atoms with E-state index in [9.17, 15) is 9.90 Å². The average Bonchev–Trinajstić information content (AvgIpc) is 2.22. The number of β-amino-alcohol motifs (C(OH)–C–C–N with tert-alkyl or cyclic N) is 1. The fourth-order valence-electron chi connectivity index (χ4n) is 2.37. The summed E-state index contributed by atoms with van der Waals surface area (Å²) in [7, 11) is 0. The van der Waals surface area contributed by atoms with Crippen LogP contribution in [-0.4, -0.2) is 41.1 Å². The minimum absolute atomic E-state index is 0.138. The van der Waals surface area contributed by atoms with E-state index in [2.05, 4.69) is 13.8 Å². The second kappa shape index (κ2) is 5.83. The summed E-state index contributed by atoms with van der Waals surface area (Å²) in [6.07, 6.45) is 2.23. The van der Waals surface area contributed by atoms with Crippen molar-refractivity contribution in [1.29, 1.82) is 0 Å². The topological polar surface area (TPSA) is 66.6 Å². The first-order chi connectivity index (χ1) is 7.90. The number of aliphatic hydroxyl groups is 1. The summed E-state index contributed by atoms with van der Waals surface area (Å²) in [5.41, 5.74) is 5.06. The highest BCUT2D eigenvalue weighted by molar-refractivity contribution is 5.77.